The number of nitrogens with zero attached hydrogens (tertiary/aromatic N) is 3. The molecular weight excluding hydrogens is 292 g/mol. The van der Waals surface area contributed by atoms with E-state index in [2.05, 4.69) is 14.9 Å². The number of carbonyl (C=O) groups excluding carboxylic acids is 1. The molecule has 128 valence electrons. The maximum atomic E-state index is 12.3. The van der Waals surface area contributed by atoms with Crippen molar-refractivity contribution in [1.29, 1.82) is 0 Å². The number of aromatic amines is 1. The number of piperidine rings is 1. The van der Waals surface area contributed by atoms with Crippen LogP contribution in [0.3, 0.4) is 0 Å². The number of nitrogens with one attached hydrogen (secondary N) is 1. The summed E-state index contributed by atoms with van der Waals surface area (Å²) in [5, 5.41) is 0. The maximum absolute atomic E-state index is 12.3. The van der Waals surface area contributed by atoms with E-state index in [9.17, 15) is 4.79 Å². The molecule has 0 aromatic carbocycles. The van der Waals surface area contributed by atoms with E-state index in [-0.39, 0.29) is 0 Å². The van der Waals surface area contributed by atoms with Gasteiger partial charge < -0.3 is 14.6 Å². The lowest BCUT2D eigenvalue weighted by Crippen LogP contribution is -2.41. The van der Waals surface area contributed by atoms with Gasteiger partial charge in [-0.25, -0.2) is 4.98 Å². The minimum absolute atomic E-state index is 0.298. The Morgan fingerprint density at radius 2 is 2.22 bits per heavy atom. The topological polar surface area (TPSA) is 61.5 Å². The van der Waals surface area contributed by atoms with Gasteiger partial charge in [0.1, 0.15) is 5.82 Å². The number of carbonyl (C=O) groups is 1. The molecule has 0 bridgehead atoms. The van der Waals surface area contributed by atoms with Crippen molar-refractivity contribution in [1.82, 2.24) is 19.8 Å². The predicted octanol–water partition coefficient (Wildman–Crippen LogP) is 1.57. The molecule has 1 aromatic rings. The smallest absolute Gasteiger partial charge is 0.222 e. The van der Waals surface area contributed by atoms with E-state index in [1.54, 1.807) is 0 Å². The normalized spacial score (nSPS) is 23.2. The first kappa shape index (κ1) is 16.5. The molecule has 0 spiro atoms. The number of aromatic nitrogens is 2. The molecule has 1 amide bonds. The molecule has 0 unspecified atom stereocenters. The van der Waals surface area contributed by atoms with Crippen LogP contribution in [0.1, 0.15) is 37.2 Å². The summed E-state index contributed by atoms with van der Waals surface area (Å²) in [6.45, 7) is 8.02. The van der Waals surface area contributed by atoms with E-state index in [0.717, 1.165) is 50.7 Å². The Bertz CT molecular complexity index is 510. The Kier molecular flexibility index (Phi) is 5.67. The lowest BCUT2D eigenvalue weighted by molar-refractivity contribution is -0.135. The highest BCUT2D eigenvalue weighted by Gasteiger charge is 2.23. The van der Waals surface area contributed by atoms with Crippen LogP contribution in [0.5, 0.6) is 0 Å². The van der Waals surface area contributed by atoms with E-state index in [1.165, 1.54) is 12.8 Å². The van der Waals surface area contributed by atoms with Gasteiger partial charge in [0.25, 0.3) is 0 Å². The lowest BCUT2D eigenvalue weighted by atomic mass is 9.93. The molecule has 1 aromatic heterocycles. The SMILES string of the molecule is Cc1cnc(CN2CCC[C@H](CCC(=O)N3CCOCC3)C2)[nH]1. The first-order valence-corrected chi connectivity index (χ1v) is 8.79. The zero-order valence-corrected chi connectivity index (χ0v) is 14.1. The fourth-order valence-corrected chi connectivity index (χ4v) is 3.59. The highest BCUT2D eigenvalue weighted by molar-refractivity contribution is 5.76. The summed E-state index contributed by atoms with van der Waals surface area (Å²) in [6.07, 6.45) is 6.03. The average Bonchev–Trinajstić information content (AvgIpc) is 2.99. The van der Waals surface area contributed by atoms with Gasteiger partial charge in [-0.05, 0) is 38.6 Å². The number of morpholine rings is 1. The van der Waals surface area contributed by atoms with E-state index in [1.807, 2.05) is 18.0 Å². The number of likely N-dealkylation sites (tertiary alicyclic amines) is 1. The van der Waals surface area contributed by atoms with Crippen LogP contribution in [0.25, 0.3) is 0 Å². The third-order valence-corrected chi connectivity index (χ3v) is 4.86. The third kappa shape index (κ3) is 4.78. The highest BCUT2D eigenvalue weighted by Crippen LogP contribution is 2.22. The van der Waals surface area contributed by atoms with Gasteiger partial charge in [-0.1, -0.05) is 0 Å². The van der Waals surface area contributed by atoms with Crippen LogP contribution in [-0.2, 0) is 16.1 Å². The summed E-state index contributed by atoms with van der Waals surface area (Å²) in [6, 6.07) is 0. The molecule has 2 saturated heterocycles. The molecule has 0 saturated carbocycles. The van der Waals surface area contributed by atoms with Crippen LogP contribution < -0.4 is 0 Å². The Morgan fingerprint density at radius 1 is 1.39 bits per heavy atom. The quantitative estimate of drug-likeness (QED) is 0.894. The number of aryl methyl sites for hydroxylation is 1. The number of amides is 1. The van der Waals surface area contributed by atoms with Crippen LogP contribution in [0.2, 0.25) is 0 Å². The summed E-state index contributed by atoms with van der Waals surface area (Å²) < 4.78 is 5.31. The van der Waals surface area contributed by atoms with Gasteiger partial charge in [-0.15, -0.1) is 0 Å². The fraction of sp³-hybridized carbons (Fsp3) is 0.765. The van der Waals surface area contributed by atoms with Crippen molar-refractivity contribution in [3.05, 3.63) is 17.7 Å². The number of ether oxygens (including phenoxy) is 1. The van der Waals surface area contributed by atoms with Crippen LogP contribution in [0.4, 0.5) is 0 Å². The zero-order chi connectivity index (χ0) is 16.1. The third-order valence-electron chi connectivity index (χ3n) is 4.86. The van der Waals surface area contributed by atoms with Crippen LogP contribution in [-0.4, -0.2) is 65.1 Å². The van der Waals surface area contributed by atoms with Gasteiger partial charge in [-0.2, -0.15) is 0 Å². The Morgan fingerprint density at radius 3 is 2.96 bits per heavy atom. The van der Waals surface area contributed by atoms with Crippen molar-refractivity contribution in [3.8, 4) is 0 Å². The van der Waals surface area contributed by atoms with Crippen LogP contribution in [0.15, 0.2) is 6.20 Å². The monoisotopic (exact) mass is 320 g/mol. The second-order valence-electron chi connectivity index (χ2n) is 6.79. The van der Waals surface area contributed by atoms with Gasteiger partial charge in [0.2, 0.25) is 5.91 Å². The summed E-state index contributed by atoms with van der Waals surface area (Å²) in [4.78, 5) is 24.4. The van der Waals surface area contributed by atoms with E-state index >= 15 is 0 Å². The van der Waals surface area contributed by atoms with Crippen molar-refractivity contribution in [2.45, 2.75) is 39.2 Å². The molecule has 2 aliphatic heterocycles. The molecule has 0 aliphatic carbocycles. The summed E-state index contributed by atoms with van der Waals surface area (Å²) >= 11 is 0. The van der Waals surface area contributed by atoms with Crippen LogP contribution >= 0.6 is 0 Å². The first-order valence-electron chi connectivity index (χ1n) is 8.79. The van der Waals surface area contributed by atoms with Gasteiger partial charge in [0.05, 0.1) is 19.8 Å². The van der Waals surface area contributed by atoms with Crippen molar-refractivity contribution in [2.24, 2.45) is 5.92 Å². The van der Waals surface area contributed by atoms with Crippen molar-refractivity contribution >= 4 is 5.91 Å². The van der Waals surface area contributed by atoms with Gasteiger partial charge in [0, 0.05) is 37.9 Å². The Hall–Kier alpha value is -1.40. The van der Waals surface area contributed by atoms with Gasteiger partial charge in [0.15, 0.2) is 0 Å². The maximum Gasteiger partial charge on any atom is 0.222 e. The number of hydrogen-bond acceptors (Lipinski definition) is 4. The molecule has 1 N–H and O–H groups in total. The highest BCUT2D eigenvalue weighted by atomic mass is 16.5. The van der Waals surface area contributed by atoms with Crippen LogP contribution in [0, 0.1) is 12.8 Å². The molecule has 2 fully saturated rings. The van der Waals surface area contributed by atoms with Crippen molar-refractivity contribution in [3.63, 3.8) is 0 Å². The van der Waals surface area contributed by atoms with Crippen molar-refractivity contribution < 1.29 is 9.53 Å². The van der Waals surface area contributed by atoms with Crippen molar-refractivity contribution in [2.75, 3.05) is 39.4 Å². The fourth-order valence-electron chi connectivity index (χ4n) is 3.59. The molecule has 1 atom stereocenters. The molecule has 0 radical (unpaired) electrons. The summed E-state index contributed by atoms with van der Waals surface area (Å²) in [5.41, 5.74) is 1.12. The molecule has 3 rings (SSSR count). The molecule has 6 heteroatoms. The molecule has 3 heterocycles. The number of imidazole rings is 1. The molecule has 23 heavy (non-hydrogen) atoms. The van der Waals surface area contributed by atoms with E-state index in [0.29, 0.717) is 31.5 Å². The molecular formula is C17H28N4O2. The summed E-state index contributed by atoms with van der Waals surface area (Å²) in [7, 11) is 0. The first-order chi connectivity index (χ1) is 11.2. The molecule has 6 nitrogen and oxygen atoms in total. The average molecular weight is 320 g/mol. The lowest BCUT2D eigenvalue weighted by Gasteiger charge is -2.33. The zero-order valence-electron chi connectivity index (χ0n) is 14.1. The number of H-pyrrole nitrogens is 1. The summed E-state index contributed by atoms with van der Waals surface area (Å²) in [5.74, 6) is 1.98. The molecule has 2 aliphatic rings. The Balaban J connectivity index is 1.42. The largest absolute Gasteiger partial charge is 0.378 e. The second kappa shape index (κ2) is 7.93. The van der Waals surface area contributed by atoms with Gasteiger partial charge >= 0.3 is 0 Å². The standard InChI is InChI=1S/C17H28N4O2/c1-14-11-18-16(19-14)13-20-6-2-3-15(12-20)4-5-17(22)21-7-9-23-10-8-21/h11,15H,2-10,12-13H2,1H3,(H,18,19)/t15-/m1/s1. The number of hydrogen-bond donors (Lipinski definition) is 1. The van der Waals surface area contributed by atoms with E-state index in [4.69, 9.17) is 4.74 Å². The minimum Gasteiger partial charge on any atom is -0.378 e. The second-order valence-corrected chi connectivity index (χ2v) is 6.79. The van der Waals surface area contributed by atoms with E-state index < -0.39 is 0 Å². The number of rotatable bonds is 5. The Labute approximate surface area is 138 Å². The minimum atomic E-state index is 0.298. The predicted molar refractivity (Wildman–Crippen MR) is 88.0 cm³/mol. The van der Waals surface area contributed by atoms with Gasteiger partial charge in [-0.3, -0.25) is 9.69 Å².